The van der Waals surface area contributed by atoms with E-state index in [2.05, 4.69) is 36.5 Å². The van der Waals surface area contributed by atoms with E-state index >= 15 is 0 Å². The van der Waals surface area contributed by atoms with Crippen molar-refractivity contribution in [3.8, 4) is 22.6 Å². The number of benzene rings is 1. The average Bonchev–Trinajstić information content (AvgIpc) is 2.99. The zero-order valence-corrected chi connectivity index (χ0v) is 10.7. The molecule has 0 radical (unpaired) electrons. The number of anilines is 1. The number of H-pyrrole nitrogens is 1. The zero-order chi connectivity index (χ0) is 12.5. The second-order valence-corrected chi connectivity index (χ2v) is 4.46. The summed E-state index contributed by atoms with van der Waals surface area (Å²) in [6, 6.07) is 7.69. The van der Waals surface area contributed by atoms with Gasteiger partial charge in [0.1, 0.15) is 0 Å². The van der Waals surface area contributed by atoms with Gasteiger partial charge in [-0.2, -0.15) is 15.4 Å². The third-order valence-electron chi connectivity index (χ3n) is 2.51. The van der Waals surface area contributed by atoms with Crippen molar-refractivity contribution >= 4 is 21.7 Å². The minimum atomic E-state index is 0.319. The van der Waals surface area contributed by atoms with E-state index in [1.807, 2.05) is 24.3 Å². The lowest BCUT2D eigenvalue weighted by Crippen LogP contribution is -1.89. The standard InChI is InChI=1S/C11H8BrN5O/c12-7-4-2-1-3-6(7)9-10(18-16-11(9)13)8-5-14-17-15-8/h1-5H,(H2,13,16)(H,14,15,17). The summed E-state index contributed by atoms with van der Waals surface area (Å²) in [5.74, 6) is 0.813. The molecule has 0 spiro atoms. The molecule has 6 nitrogen and oxygen atoms in total. The fourth-order valence-corrected chi connectivity index (χ4v) is 2.20. The number of nitrogens with two attached hydrogens (primary N) is 1. The minimum Gasteiger partial charge on any atom is -0.380 e. The van der Waals surface area contributed by atoms with E-state index in [1.165, 1.54) is 0 Å². The average molecular weight is 306 g/mol. The summed E-state index contributed by atoms with van der Waals surface area (Å²) >= 11 is 3.48. The van der Waals surface area contributed by atoms with Gasteiger partial charge in [-0.15, -0.1) is 0 Å². The van der Waals surface area contributed by atoms with Crippen molar-refractivity contribution in [2.45, 2.75) is 0 Å². The van der Waals surface area contributed by atoms with Gasteiger partial charge < -0.3 is 10.3 Å². The number of rotatable bonds is 2. The fraction of sp³-hybridized carbons (Fsp3) is 0. The second-order valence-electron chi connectivity index (χ2n) is 3.61. The zero-order valence-electron chi connectivity index (χ0n) is 9.09. The van der Waals surface area contributed by atoms with Gasteiger partial charge >= 0.3 is 0 Å². The molecule has 0 fully saturated rings. The van der Waals surface area contributed by atoms with Gasteiger partial charge in [-0.1, -0.05) is 39.3 Å². The summed E-state index contributed by atoms with van der Waals surface area (Å²) in [7, 11) is 0. The first-order valence-electron chi connectivity index (χ1n) is 5.13. The molecule has 1 aromatic carbocycles. The third kappa shape index (κ3) is 1.68. The van der Waals surface area contributed by atoms with Crippen molar-refractivity contribution in [3.05, 3.63) is 34.9 Å². The Morgan fingerprint density at radius 1 is 1.28 bits per heavy atom. The van der Waals surface area contributed by atoms with Crippen LogP contribution in [0.3, 0.4) is 0 Å². The molecule has 0 atom stereocenters. The molecule has 7 heteroatoms. The summed E-state index contributed by atoms with van der Waals surface area (Å²) in [5.41, 5.74) is 8.03. The predicted octanol–water partition coefficient (Wildman–Crippen LogP) is 2.47. The number of halogens is 1. The van der Waals surface area contributed by atoms with Crippen LogP contribution in [0.2, 0.25) is 0 Å². The molecular weight excluding hydrogens is 298 g/mol. The Kier molecular flexibility index (Phi) is 2.60. The van der Waals surface area contributed by atoms with Crippen LogP contribution < -0.4 is 5.73 Å². The lowest BCUT2D eigenvalue weighted by molar-refractivity contribution is 0.434. The molecule has 2 heterocycles. The Labute approximate surface area is 110 Å². The molecule has 3 rings (SSSR count). The van der Waals surface area contributed by atoms with E-state index in [9.17, 15) is 0 Å². The number of nitrogens with zero attached hydrogens (tertiary/aromatic N) is 3. The van der Waals surface area contributed by atoms with Crippen LogP contribution in [0.4, 0.5) is 5.82 Å². The highest BCUT2D eigenvalue weighted by Gasteiger charge is 2.20. The first-order valence-corrected chi connectivity index (χ1v) is 5.93. The molecule has 90 valence electrons. The molecular formula is C11H8BrN5O. The van der Waals surface area contributed by atoms with Crippen LogP contribution in [0.25, 0.3) is 22.6 Å². The molecule has 0 aliphatic carbocycles. The molecule has 0 amide bonds. The smallest absolute Gasteiger partial charge is 0.198 e. The summed E-state index contributed by atoms with van der Waals surface area (Å²) in [6.07, 6.45) is 1.56. The van der Waals surface area contributed by atoms with Gasteiger partial charge in [0.05, 0.1) is 11.8 Å². The normalized spacial score (nSPS) is 10.7. The molecule has 0 aliphatic heterocycles. The number of hydrogen-bond donors (Lipinski definition) is 2. The van der Waals surface area contributed by atoms with Gasteiger partial charge in [-0.05, 0) is 6.07 Å². The first-order chi connectivity index (χ1) is 8.77. The van der Waals surface area contributed by atoms with Gasteiger partial charge in [0, 0.05) is 10.0 Å². The van der Waals surface area contributed by atoms with Crippen LogP contribution in [-0.2, 0) is 0 Å². The lowest BCUT2D eigenvalue weighted by atomic mass is 10.0. The molecule has 2 aromatic heterocycles. The number of nitrogen functional groups attached to an aromatic ring is 1. The van der Waals surface area contributed by atoms with Gasteiger partial charge in [-0.3, -0.25) is 0 Å². The molecule has 3 aromatic rings. The maximum Gasteiger partial charge on any atom is 0.198 e. The maximum absolute atomic E-state index is 5.86. The fourth-order valence-electron chi connectivity index (χ4n) is 1.71. The van der Waals surface area contributed by atoms with Crippen LogP contribution in [0.15, 0.2) is 39.5 Å². The second kappa shape index (κ2) is 4.26. The van der Waals surface area contributed by atoms with Crippen molar-refractivity contribution in [1.82, 2.24) is 20.6 Å². The van der Waals surface area contributed by atoms with Crippen LogP contribution in [0.5, 0.6) is 0 Å². The van der Waals surface area contributed by atoms with Crippen LogP contribution >= 0.6 is 15.9 Å². The Bertz CT molecular complexity index is 677. The maximum atomic E-state index is 5.86. The summed E-state index contributed by atoms with van der Waals surface area (Å²) in [4.78, 5) is 0. The quantitative estimate of drug-likeness (QED) is 0.758. The SMILES string of the molecule is Nc1noc(-c2cn[nH]n2)c1-c1ccccc1Br. The third-order valence-corrected chi connectivity index (χ3v) is 3.20. The molecule has 0 saturated carbocycles. The Hall–Kier alpha value is -2.15. The van der Waals surface area contributed by atoms with Gasteiger partial charge in [0.2, 0.25) is 0 Å². The van der Waals surface area contributed by atoms with Gasteiger partial charge in [0.25, 0.3) is 0 Å². The van der Waals surface area contributed by atoms with E-state index in [4.69, 9.17) is 10.3 Å². The molecule has 18 heavy (non-hydrogen) atoms. The Morgan fingerprint density at radius 3 is 2.83 bits per heavy atom. The molecule has 0 saturated heterocycles. The molecule has 0 unspecified atom stereocenters. The molecule has 3 N–H and O–H groups in total. The highest BCUT2D eigenvalue weighted by molar-refractivity contribution is 9.10. The van der Waals surface area contributed by atoms with Gasteiger partial charge in [-0.25, -0.2) is 0 Å². The summed E-state index contributed by atoms with van der Waals surface area (Å²) in [5, 5.41) is 14.0. The van der Waals surface area contributed by atoms with Crippen LogP contribution in [0, 0.1) is 0 Å². The minimum absolute atomic E-state index is 0.319. The predicted molar refractivity (Wildman–Crippen MR) is 69.4 cm³/mol. The number of aromatic nitrogens is 4. The number of nitrogens with one attached hydrogen (secondary N) is 1. The van der Waals surface area contributed by atoms with Crippen molar-refractivity contribution < 1.29 is 4.52 Å². The molecule has 0 bridgehead atoms. The van der Waals surface area contributed by atoms with E-state index < -0.39 is 0 Å². The molecule has 0 aliphatic rings. The van der Waals surface area contributed by atoms with E-state index in [1.54, 1.807) is 6.20 Å². The monoisotopic (exact) mass is 305 g/mol. The number of hydrogen-bond acceptors (Lipinski definition) is 5. The summed E-state index contributed by atoms with van der Waals surface area (Å²) in [6.45, 7) is 0. The Balaban J connectivity index is 2.24. The van der Waals surface area contributed by atoms with E-state index in [-0.39, 0.29) is 0 Å². The first kappa shape index (κ1) is 11.0. The number of aromatic amines is 1. The van der Waals surface area contributed by atoms with Crippen LogP contribution in [0.1, 0.15) is 0 Å². The van der Waals surface area contributed by atoms with Crippen molar-refractivity contribution in [1.29, 1.82) is 0 Å². The van der Waals surface area contributed by atoms with Crippen molar-refractivity contribution in [2.75, 3.05) is 5.73 Å². The van der Waals surface area contributed by atoms with Crippen LogP contribution in [-0.4, -0.2) is 20.6 Å². The van der Waals surface area contributed by atoms with Crippen molar-refractivity contribution in [3.63, 3.8) is 0 Å². The highest BCUT2D eigenvalue weighted by atomic mass is 79.9. The summed E-state index contributed by atoms with van der Waals surface area (Å²) < 4.78 is 6.14. The van der Waals surface area contributed by atoms with E-state index in [0.29, 0.717) is 22.8 Å². The highest BCUT2D eigenvalue weighted by Crippen LogP contribution is 2.38. The van der Waals surface area contributed by atoms with E-state index in [0.717, 1.165) is 10.0 Å². The Morgan fingerprint density at radius 2 is 2.11 bits per heavy atom. The topological polar surface area (TPSA) is 93.6 Å². The lowest BCUT2D eigenvalue weighted by Gasteiger charge is -2.03. The van der Waals surface area contributed by atoms with Gasteiger partial charge in [0.15, 0.2) is 17.3 Å². The van der Waals surface area contributed by atoms with Crippen molar-refractivity contribution in [2.24, 2.45) is 0 Å². The largest absolute Gasteiger partial charge is 0.380 e.